The predicted molar refractivity (Wildman–Crippen MR) is 55.9 cm³/mol. The molecule has 0 saturated carbocycles. The Kier molecular flexibility index (Phi) is 4.86. The van der Waals surface area contributed by atoms with Gasteiger partial charge in [-0.3, -0.25) is 4.79 Å². The van der Waals surface area contributed by atoms with E-state index in [0.717, 1.165) is 0 Å². The average Bonchev–Trinajstić information content (AvgIpc) is 2.30. The minimum atomic E-state index is -1.16. The summed E-state index contributed by atoms with van der Waals surface area (Å²) in [4.78, 5) is 22.4. The Morgan fingerprint density at radius 2 is 2.06 bits per heavy atom. The van der Waals surface area contributed by atoms with Gasteiger partial charge in [0, 0.05) is 20.5 Å². The molecule has 1 aliphatic heterocycles. The first-order chi connectivity index (χ1) is 7.99. The van der Waals surface area contributed by atoms with Gasteiger partial charge in [0.2, 0.25) is 5.91 Å². The molecule has 0 radical (unpaired) electrons. The molecule has 0 unspecified atom stereocenters. The van der Waals surface area contributed by atoms with Gasteiger partial charge in [-0.1, -0.05) is 0 Å². The van der Waals surface area contributed by atoms with E-state index in [9.17, 15) is 14.7 Å². The van der Waals surface area contributed by atoms with E-state index in [0.29, 0.717) is 0 Å². The second-order valence-electron chi connectivity index (χ2n) is 3.78. The number of methoxy groups -OCH3 is 2. The fraction of sp³-hybridized carbons (Fsp3) is 0.800. The Morgan fingerprint density at radius 1 is 1.41 bits per heavy atom. The lowest BCUT2D eigenvalue weighted by Gasteiger charge is -2.37. The minimum absolute atomic E-state index is 0.269. The Labute approximate surface area is 99.0 Å². The fourth-order valence-corrected chi connectivity index (χ4v) is 1.73. The SMILES string of the molecule is COC(=O)[C@H]1O[C@H](OC)C[C@H](NC(C)=O)[C@@H]1O. The molecule has 0 bridgehead atoms. The van der Waals surface area contributed by atoms with Crippen molar-refractivity contribution in [2.24, 2.45) is 0 Å². The number of rotatable bonds is 3. The summed E-state index contributed by atoms with van der Waals surface area (Å²) in [7, 11) is 2.61. The summed E-state index contributed by atoms with van der Waals surface area (Å²) in [5.74, 6) is -0.996. The highest BCUT2D eigenvalue weighted by Gasteiger charge is 2.42. The van der Waals surface area contributed by atoms with Crippen LogP contribution in [-0.2, 0) is 23.8 Å². The van der Waals surface area contributed by atoms with Gasteiger partial charge in [-0.25, -0.2) is 4.79 Å². The summed E-state index contributed by atoms with van der Waals surface area (Å²) >= 11 is 0. The lowest BCUT2D eigenvalue weighted by molar-refractivity contribution is -0.228. The molecule has 17 heavy (non-hydrogen) atoms. The van der Waals surface area contributed by atoms with Crippen molar-refractivity contribution in [3.63, 3.8) is 0 Å². The number of hydrogen-bond acceptors (Lipinski definition) is 6. The van der Waals surface area contributed by atoms with Gasteiger partial charge < -0.3 is 24.6 Å². The van der Waals surface area contributed by atoms with Gasteiger partial charge in [-0.2, -0.15) is 0 Å². The first-order valence-corrected chi connectivity index (χ1v) is 5.20. The molecule has 0 aliphatic carbocycles. The van der Waals surface area contributed by atoms with Crippen LogP contribution in [0.4, 0.5) is 0 Å². The minimum Gasteiger partial charge on any atom is -0.467 e. The zero-order chi connectivity index (χ0) is 13.0. The lowest BCUT2D eigenvalue weighted by Crippen LogP contribution is -2.58. The van der Waals surface area contributed by atoms with Gasteiger partial charge >= 0.3 is 5.97 Å². The average molecular weight is 247 g/mol. The molecule has 0 aromatic carbocycles. The monoisotopic (exact) mass is 247 g/mol. The molecular weight excluding hydrogens is 230 g/mol. The van der Waals surface area contributed by atoms with Crippen LogP contribution in [0.2, 0.25) is 0 Å². The van der Waals surface area contributed by atoms with Crippen molar-refractivity contribution < 1.29 is 28.9 Å². The molecule has 4 atom stereocenters. The zero-order valence-electron chi connectivity index (χ0n) is 10.0. The third-order valence-corrected chi connectivity index (χ3v) is 2.55. The van der Waals surface area contributed by atoms with Gasteiger partial charge in [0.25, 0.3) is 0 Å². The topological polar surface area (TPSA) is 94.1 Å². The fourth-order valence-electron chi connectivity index (χ4n) is 1.73. The highest BCUT2D eigenvalue weighted by molar-refractivity contribution is 5.76. The molecule has 2 N–H and O–H groups in total. The highest BCUT2D eigenvalue weighted by Crippen LogP contribution is 2.21. The summed E-state index contributed by atoms with van der Waals surface area (Å²) in [6.45, 7) is 1.33. The van der Waals surface area contributed by atoms with Crippen LogP contribution in [0.15, 0.2) is 0 Å². The Morgan fingerprint density at radius 3 is 2.53 bits per heavy atom. The number of ether oxygens (including phenoxy) is 3. The van der Waals surface area contributed by atoms with Gasteiger partial charge in [0.05, 0.1) is 13.2 Å². The van der Waals surface area contributed by atoms with E-state index in [4.69, 9.17) is 9.47 Å². The van der Waals surface area contributed by atoms with Crippen LogP contribution in [-0.4, -0.2) is 55.7 Å². The van der Waals surface area contributed by atoms with Crippen molar-refractivity contribution in [2.75, 3.05) is 14.2 Å². The molecule has 0 spiro atoms. The standard InChI is InChI=1S/C10H17NO6/c1-5(12)11-6-4-7(15-2)17-9(8(6)13)10(14)16-3/h6-9,13H,4H2,1-3H3,(H,11,12)/t6-,7-,8-,9-/m0/s1. The molecule has 98 valence electrons. The predicted octanol–water partition coefficient (Wildman–Crippen LogP) is -1.21. The van der Waals surface area contributed by atoms with Gasteiger partial charge in [-0.15, -0.1) is 0 Å². The number of aliphatic hydroxyl groups excluding tert-OH is 1. The van der Waals surface area contributed by atoms with Gasteiger partial charge in [0.15, 0.2) is 12.4 Å². The van der Waals surface area contributed by atoms with E-state index in [1.807, 2.05) is 0 Å². The van der Waals surface area contributed by atoms with Gasteiger partial charge in [-0.05, 0) is 0 Å². The largest absolute Gasteiger partial charge is 0.467 e. The summed E-state index contributed by atoms with van der Waals surface area (Å²) < 4.78 is 14.7. The number of aliphatic hydroxyl groups is 1. The smallest absolute Gasteiger partial charge is 0.337 e. The van der Waals surface area contributed by atoms with Crippen molar-refractivity contribution in [2.45, 2.75) is 37.9 Å². The molecule has 1 rings (SSSR count). The number of hydrogen-bond donors (Lipinski definition) is 2. The maximum atomic E-state index is 11.4. The van der Waals surface area contributed by atoms with Crippen molar-refractivity contribution in [1.82, 2.24) is 5.32 Å². The normalized spacial score (nSPS) is 32.9. The molecule has 7 heteroatoms. The Balaban J connectivity index is 2.77. The molecule has 1 heterocycles. The quantitative estimate of drug-likeness (QED) is 0.607. The summed E-state index contributed by atoms with van der Waals surface area (Å²) in [6, 6.07) is -0.602. The van der Waals surface area contributed by atoms with Crippen LogP contribution in [0.5, 0.6) is 0 Å². The first kappa shape index (κ1) is 13.9. The molecule has 0 aromatic rings. The molecule has 0 aromatic heterocycles. The maximum Gasteiger partial charge on any atom is 0.337 e. The lowest BCUT2D eigenvalue weighted by atomic mass is 9.98. The van der Waals surface area contributed by atoms with Crippen LogP contribution >= 0.6 is 0 Å². The highest BCUT2D eigenvalue weighted by atomic mass is 16.7. The van der Waals surface area contributed by atoms with Crippen LogP contribution < -0.4 is 5.32 Å². The Hall–Kier alpha value is -1.18. The van der Waals surface area contributed by atoms with Gasteiger partial charge in [0.1, 0.15) is 6.10 Å². The molecule has 1 aliphatic rings. The maximum absolute atomic E-state index is 11.4. The molecular formula is C10H17NO6. The van der Waals surface area contributed by atoms with E-state index < -0.39 is 30.5 Å². The number of carbonyl (C=O) groups excluding carboxylic acids is 2. The summed E-state index contributed by atoms with van der Waals surface area (Å²) in [5.41, 5.74) is 0. The number of esters is 1. The summed E-state index contributed by atoms with van der Waals surface area (Å²) in [6.07, 6.45) is -2.71. The molecule has 1 fully saturated rings. The second kappa shape index (κ2) is 5.95. The van der Waals surface area contributed by atoms with E-state index in [1.165, 1.54) is 21.1 Å². The zero-order valence-corrected chi connectivity index (χ0v) is 10.0. The second-order valence-corrected chi connectivity index (χ2v) is 3.78. The van der Waals surface area contributed by atoms with Crippen molar-refractivity contribution in [3.8, 4) is 0 Å². The van der Waals surface area contributed by atoms with Crippen LogP contribution in [0.25, 0.3) is 0 Å². The van der Waals surface area contributed by atoms with Crippen LogP contribution in [0.3, 0.4) is 0 Å². The van der Waals surface area contributed by atoms with Crippen molar-refractivity contribution in [3.05, 3.63) is 0 Å². The van der Waals surface area contributed by atoms with Crippen molar-refractivity contribution in [1.29, 1.82) is 0 Å². The van der Waals surface area contributed by atoms with Crippen LogP contribution in [0, 0.1) is 0 Å². The van der Waals surface area contributed by atoms with Crippen LogP contribution in [0.1, 0.15) is 13.3 Å². The van der Waals surface area contributed by atoms with Crippen molar-refractivity contribution >= 4 is 11.9 Å². The number of nitrogens with one attached hydrogen (secondary N) is 1. The Bertz CT molecular complexity index is 295. The van der Waals surface area contributed by atoms with E-state index in [2.05, 4.69) is 10.1 Å². The number of amides is 1. The van der Waals surface area contributed by atoms with E-state index >= 15 is 0 Å². The molecule has 1 amide bonds. The molecule has 1 saturated heterocycles. The third-order valence-electron chi connectivity index (χ3n) is 2.55. The van der Waals surface area contributed by atoms with E-state index in [1.54, 1.807) is 0 Å². The van der Waals surface area contributed by atoms with E-state index in [-0.39, 0.29) is 12.3 Å². The third kappa shape index (κ3) is 3.39. The first-order valence-electron chi connectivity index (χ1n) is 5.20. The molecule has 7 nitrogen and oxygen atoms in total. The summed E-state index contributed by atoms with van der Waals surface area (Å²) in [5, 5.41) is 12.4. The number of carbonyl (C=O) groups is 2.